The van der Waals surface area contributed by atoms with E-state index in [2.05, 4.69) is 19.2 Å². The van der Waals surface area contributed by atoms with Gasteiger partial charge in [0.1, 0.15) is 0 Å². The van der Waals surface area contributed by atoms with Gasteiger partial charge in [0.25, 0.3) is 0 Å². The number of hydrogen-bond acceptors (Lipinski definition) is 3. The van der Waals surface area contributed by atoms with Crippen molar-refractivity contribution in [1.82, 2.24) is 5.32 Å². The highest BCUT2D eigenvalue weighted by atomic mass is 16.5. The molecular formula is C16H25NO3. The molecule has 0 saturated heterocycles. The van der Waals surface area contributed by atoms with Crippen LogP contribution in [0.1, 0.15) is 46.0 Å². The van der Waals surface area contributed by atoms with Crippen molar-refractivity contribution in [3.8, 4) is 0 Å². The molecule has 4 heteroatoms. The minimum atomic E-state index is -0.195. The topological polar surface area (TPSA) is 55.4 Å². The molecule has 4 saturated carbocycles. The lowest BCUT2D eigenvalue weighted by atomic mass is 9.35. The van der Waals surface area contributed by atoms with Gasteiger partial charge in [0, 0.05) is 12.5 Å². The number of rotatable bonds is 6. The number of methoxy groups -OCH3 is 1. The monoisotopic (exact) mass is 279 g/mol. The van der Waals surface area contributed by atoms with Gasteiger partial charge >= 0.3 is 5.97 Å². The molecule has 0 aromatic rings. The van der Waals surface area contributed by atoms with Crippen LogP contribution in [0.25, 0.3) is 0 Å². The molecule has 4 rings (SSSR count). The average Bonchev–Trinajstić information content (AvgIpc) is 3.03. The largest absolute Gasteiger partial charge is 0.469 e. The summed E-state index contributed by atoms with van der Waals surface area (Å²) in [6.45, 7) is 5.16. The molecule has 2 atom stereocenters. The highest BCUT2D eigenvalue weighted by Gasteiger charge is 2.72. The van der Waals surface area contributed by atoms with E-state index in [1.165, 1.54) is 7.11 Å². The van der Waals surface area contributed by atoms with Gasteiger partial charge in [0.15, 0.2) is 0 Å². The third kappa shape index (κ3) is 2.13. The van der Waals surface area contributed by atoms with Crippen molar-refractivity contribution in [1.29, 1.82) is 0 Å². The highest BCUT2D eigenvalue weighted by Crippen LogP contribution is 2.73. The first-order chi connectivity index (χ1) is 9.40. The molecule has 0 unspecified atom stereocenters. The van der Waals surface area contributed by atoms with Crippen LogP contribution in [0.2, 0.25) is 0 Å². The normalized spacial score (nSPS) is 40.6. The Balaban J connectivity index is 1.38. The van der Waals surface area contributed by atoms with Crippen molar-refractivity contribution < 1.29 is 14.3 Å². The van der Waals surface area contributed by atoms with E-state index in [4.69, 9.17) is 4.74 Å². The zero-order chi connectivity index (χ0) is 14.5. The molecule has 0 aromatic heterocycles. The standard InChI is InChI=1S/C16H25NO3/c1-10(2)4-11-5-12(11)13(18)17-9-15-6-16(7-15,8-15)14(19)20-3/h10-12H,4-9H2,1-3H3,(H,17,18)/t11-,12-,15?,16?/m1/s1. The molecule has 0 spiro atoms. The average molecular weight is 279 g/mol. The van der Waals surface area contributed by atoms with Crippen LogP contribution in [0.5, 0.6) is 0 Å². The molecular weight excluding hydrogens is 254 g/mol. The minimum Gasteiger partial charge on any atom is -0.469 e. The fourth-order valence-electron chi connectivity index (χ4n) is 4.46. The predicted molar refractivity (Wildman–Crippen MR) is 74.8 cm³/mol. The van der Waals surface area contributed by atoms with Crippen LogP contribution in [0.15, 0.2) is 0 Å². The Morgan fingerprint density at radius 2 is 1.95 bits per heavy atom. The Bertz CT molecular complexity index is 423. The second-order valence-electron chi connectivity index (χ2n) is 7.75. The molecule has 4 aliphatic carbocycles. The number of amides is 1. The Morgan fingerprint density at radius 3 is 2.50 bits per heavy atom. The Labute approximate surface area is 120 Å². The number of carbonyl (C=O) groups excluding carboxylic acids is 2. The molecule has 0 aliphatic heterocycles. The number of esters is 1. The maximum absolute atomic E-state index is 12.1. The van der Waals surface area contributed by atoms with Crippen LogP contribution in [0.4, 0.5) is 0 Å². The van der Waals surface area contributed by atoms with E-state index in [9.17, 15) is 9.59 Å². The highest BCUT2D eigenvalue weighted by molar-refractivity contribution is 5.83. The zero-order valence-electron chi connectivity index (χ0n) is 12.7. The van der Waals surface area contributed by atoms with Gasteiger partial charge in [-0.05, 0) is 49.4 Å². The lowest BCUT2D eigenvalue weighted by molar-refractivity contribution is -0.223. The Kier molecular flexibility index (Phi) is 3.11. The van der Waals surface area contributed by atoms with Crippen LogP contribution < -0.4 is 5.32 Å². The Hall–Kier alpha value is -1.06. The molecule has 0 radical (unpaired) electrons. The van der Waals surface area contributed by atoms with Gasteiger partial charge in [-0.2, -0.15) is 0 Å². The molecule has 1 amide bonds. The van der Waals surface area contributed by atoms with E-state index in [1.807, 2.05) is 0 Å². The molecule has 1 N–H and O–H groups in total. The summed E-state index contributed by atoms with van der Waals surface area (Å²) in [5.41, 5.74) is 0.00548. The third-order valence-corrected chi connectivity index (χ3v) is 5.43. The molecule has 4 aliphatic rings. The zero-order valence-corrected chi connectivity index (χ0v) is 12.7. The molecule has 4 nitrogen and oxygen atoms in total. The van der Waals surface area contributed by atoms with Crippen molar-refractivity contribution in [2.24, 2.45) is 28.6 Å². The van der Waals surface area contributed by atoms with Gasteiger partial charge < -0.3 is 10.1 Å². The number of ether oxygens (including phenoxy) is 1. The third-order valence-electron chi connectivity index (χ3n) is 5.43. The lowest BCUT2D eigenvalue weighted by Crippen LogP contribution is -2.68. The van der Waals surface area contributed by atoms with Gasteiger partial charge in [-0.25, -0.2) is 0 Å². The van der Waals surface area contributed by atoms with E-state index >= 15 is 0 Å². The van der Waals surface area contributed by atoms with Crippen LogP contribution in [-0.2, 0) is 14.3 Å². The SMILES string of the molecule is COC(=O)C12CC(CNC(=O)[C@@H]3C[C@H]3CC(C)C)(C1)C2. The summed E-state index contributed by atoms with van der Waals surface area (Å²) in [7, 11) is 1.46. The van der Waals surface area contributed by atoms with Crippen molar-refractivity contribution in [3.05, 3.63) is 0 Å². The summed E-state index contributed by atoms with van der Waals surface area (Å²) in [4.78, 5) is 23.7. The first-order valence-corrected chi connectivity index (χ1v) is 7.76. The first-order valence-electron chi connectivity index (χ1n) is 7.76. The number of carbonyl (C=O) groups is 2. The van der Waals surface area contributed by atoms with Gasteiger partial charge in [0.05, 0.1) is 12.5 Å². The minimum absolute atomic E-state index is 0.0649. The van der Waals surface area contributed by atoms with Gasteiger partial charge in [-0.15, -0.1) is 0 Å². The maximum Gasteiger partial charge on any atom is 0.311 e. The van der Waals surface area contributed by atoms with E-state index in [1.54, 1.807) is 0 Å². The fraction of sp³-hybridized carbons (Fsp3) is 0.875. The van der Waals surface area contributed by atoms with Crippen LogP contribution in [-0.4, -0.2) is 25.5 Å². The maximum atomic E-state index is 12.1. The van der Waals surface area contributed by atoms with Crippen LogP contribution >= 0.6 is 0 Å². The summed E-state index contributed by atoms with van der Waals surface area (Å²) in [6, 6.07) is 0. The molecule has 2 bridgehead atoms. The van der Waals surface area contributed by atoms with Crippen molar-refractivity contribution >= 4 is 11.9 Å². The molecule has 112 valence electrons. The summed E-state index contributed by atoms with van der Waals surface area (Å²) in [5, 5.41) is 3.11. The van der Waals surface area contributed by atoms with Gasteiger partial charge in [0.2, 0.25) is 5.91 Å². The van der Waals surface area contributed by atoms with Crippen molar-refractivity contribution in [2.45, 2.75) is 46.0 Å². The summed E-state index contributed by atoms with van der Waals surface area (Å²) in [6.07, 6.45) is 4.91. The first kappa shape index (κ1) is 13.9. The summed E-state index contributed by atoms with van der Waals surface area (Å²) < 4.78 is 4.84. The molecule has 20 heavy (non-hydrogen) atoms. The van der Waals surface area contributed by atoms with E-state index < -0.39 is 0 Å². The summed E-state index contributed by atoms with van der Waals surface area (Å²) >= 11 is 0. The second-order valence-corrected chi connectivity index (χ2v) is 7.75. The lowest BCUT2D eigenvalue weighted by Gasteiger charge is -2.68. The predicted octanol–water partition coefficient (Wildman–Crippen LogP) is 2.13. The Morgan fingerprint density at radius 1 is 1.30 bits per heavy atom. The van der Waals surface area contributed by atoms with Crippen molar-refractivity contribution in [2.75, 3.05) is 13.7 Å². The van der Waals surface area contributed by atoms with E-state index in [0.717, 1.165) is 38.6 Å². The van der Waals surface area contributed by atoms with E-state index in [0.29, 0.717) is 11.8 Å². The smallest absolute Gasteiger partial charge is 0.311 e. The van der Waals surface area contributed by atoms with Crippen LogP contribution in [0, 0.1) is 28.6 Å². The second kappa shape index (κ2) is 4.47. The van der Waals surface area contributed by atoms with Gasteiger partial charge in [-0.3, -0.25) is 9.59 Å². The summed E-state index contributed by atoms with van der Waals surface area (Å²) in [5.74, 6) is 1.69. The fourth-order valence-corrected chi connectivity index (χ4v) is 4.46. The quantitative estimate of drug-likeness (QED) is 0.758. The van der Waals surface area contributed by atoms with Crippen molar-refractivity contribution in [3.63, 3.8) is 0 Å². The molecule has 0 heterocycles. The van der Waals surface area contributed by atoms with E-state index in [-0.39, 0.29) is 28.6 Å². The van der Waals surface area contributed by atoms with Crippen LogP contribution in [0.3, 0.4) is 0 Å². The van der Waals surface area contributed by atoms with Gasteiger partial charge in [-0.1, -0.05) is 13.8 Å². The number of hydrogen-bond donors (Lipinski definition) is 1. The molecule has 0 aromatic carbocycles. The number of nitrogens with one attached hydrogen (secondary N) is 1. The molecule has 4 fully saturated rings.